The van der Waals surface area contributed by atoms with Crippen LogP contribution in [0.4, 0.5) is 0 Å². The Morgan fingerprint density at radius 1 is 0.538 bits per heavy atom. The number of rotatable bonds is 31. The van der Waals surface area contributed by atoms with Gasteiger partial charge in [0.05, 0.1) is 31.3 Å². The van der Waals surface area contributed by atoms with Crippen LogP contribution in [0, 0.1) is 0 Å². The minimum absolute atomic E-state index is 0.0416. The Hall–Kier alpha value is -0.650. The lowest BCUT2D eigenvalue weighted by molar-refractivity contribution is -0.125. The molecule has 0 aliphatic rings. The highest BCUT2D eigenvalue weighted by Crippen LogP contribution is 2.15. The highest BCUT2D eigenvalue weighted by molar-refractivity contribution is 5.76. The zero-order valence-corrected chi connectivity index (χ0v) is 26.3. The van der Waals surface area contributed by atoms with Crippen molar-refractivity contribution in [2.24, 2.45) is 0 Å². The van der Waals surface area contributed by atoms with E-state index in [0.29, 0.717) is 12.8 Å². The SMILES string of the molecule is CCCCCCCCCCCCCCCCC(O)CC(=O)NC(CO)C(O)CCCCCCCCCCCC. The highest BCUT2D eigenvalue weighted by atomic mass is 16.3. The van der Waals surface area contributed by atoms with Gasteiger partial charge in [0, 0.05) is 0 Å². The van der Waals surface area contributed by atoms with Crippen LogP contribution < -0.4 is 5.32 Å². The van der Waals surface area contributed by atoms with Crippen LogP contribution in [-0.2, 0) is 4.79 Å². The summed E-state index contributed by atoms with van der Waals surface area (Å²) < 4.78 is 0. The van der Waals surface area contributed by atoms with Crippen molar-refractivity contribution < 1.29 is 20.1 Å². The first-order valence-corrected chi connectivity index (χ1v) is 17.3. The largest absolute Gasteiger partial charge is 0.394 e. The Labute approximate surface area is 243 Å². The zero-order valence-electron chi connectivity index (χ0n) is 26.3. The van der Waals surface area contributed by atoms with Gasteiger partial charge in [-0.2, -0.15) is 0 Å². The van der Waals surface area contributed by atoms with Crippen molar-refractivity contribution >= 4 is 5.91 Å². The Kier molecular flexibility index (Phi) is 29.8. The van der Waals surface area contributed by atoms with Crippen LogP contribution >= 0.6 is 0 Å². The first-order chi connectivity index (χ1) is 19.0. The van der Waals surface area contributed by atoms with E-state index >= 15 is 0 Å². The average molecular weight is 556 g/mol. The number of carbonyl (C=O) groups excluding carboxylic acids is 1. The number of aliphatic hydroxyl groups is 3. The first-order valence-electron chi connectivity index (χ1n) is 17.3. The van der Waals surface area contributed by atoms with E-state index in [9.17, 15) is 20.1 Å². The summed E-state index contributed by atoms with van der Waals surface area (Å²) in [5, 5.41) is 33.1. The van der Waals surface area contributed by atoms with Crippen LogP contribution in [0.5, 0.6) is 0 Å². The maximum atomic E-state index is 12.3. The third kappa shape index (κ3) is 27.3. The summed E-state index contributed by atoms with van der Waals surface area (Å²) in [6.45, 7) is 4.23. The molecule has 0 aliphatic carbocycles. The first kappa shape index (κ1) is 38.4. The van der Waals surface area contributed by atoms with Crippen molar-refractivity contribution in [1.82, 2.24) is 5.32 Å². The molecular weight excluding hydrogens is 486 g/mol. The summed E-state index contributed by atoms with van der Waals surface area (Å²) in [6, 6.07) is -0.649. The molecule has 0 bridgehead atoms. The van der Waals surface area contributed by atoms with E-state index in [-0.39, 0.29) is 18.9 Å². The molecule has 0 radical (unpaired) electrons. The van der Waals surface area contributed by atoms with E-state index < -0.39 is 18.2 Å². The molecule has 0 saturated heterocycles. The zero-order chi connectivity index (χ0) is 28.8. The average Bonchev–Trinajstić information content (AvgIpc) is 2.92. The lowest BCUT2D eigenvalue weighted by Crippen LogP contribution is -2.46. The molecule has 4 N–H and O–H groups in total. The Bertz CT molecular complexity index is 502. The van der Waals surface area contributed by atoms with E-state index in [4.69, 9.17) is 0 Å². The molecule has 0 fully saturated rings. The van der Waals surface area contributed by atoms with E-state index in [1.807, 2.05) is 0 Å². The summed E-state index contributed by atoms with van der Waals surface area (Å²) in [5.41, 5.74) is 0. The fourth-order valence-corrected chi connectivity index (χ4v) is 5.46. The molecule has 39 heavy (non-hydrogen) atoms. The number of carbonyl (C=O) groups is 1. The summed E-state index contributed by atoms with van der Waals surface area (Å²) in [6.07, 6.45) is 30.5. The maximum absolute atomic E-state index is 12.3. The number of aliphatic hydroxyl groups excluding tert-OH is 3. The third-order valence-electron chi connectivity index (χ3n) is 8.17. The molecule has 3 unspecified atom stereocenters. The second-order valence-corrected chi connectivity index (χ2v) is 12.1. The van der Waals surface area contributed by atoms with Gasteiger partial charge in [-0.3, -0.25) is 4.79 Å². The fourth-order valence-electron chi connectivity index (χ4n) is 5.46. The minimum atomic E-state index is -0.740. The predicted octanol–water partition coefficient (Wildman–Crippen LogP) is 8.76. The molecule has 5 heteroatoms. The lowest BCUT2D eigenvalue weighted by Gasteiger charge is -2.23. The fraction of sp³-hybridized carbons (Fsp3) is 0.971. The molecule has 0 aromatic carbocycles. The monoisotopic (exact) mass is 556 g/mol. The Morgan fingerprint density at radius 2 is 0.872 bits per heavy atom. The maximum Gasteiger partial charge on any atom is 0.222 e. The molecule has 1 amide bonds. The number of amides is 1. The van der Waals surface area contributed by atoms with E-state index in [0.717, 1.165) is 25.7 Å². The van der Waals surface area contributed by atoms with Crippen LogP contribution in [0.15, 0.2) is 0 Å². The normalized spacial score (nSPS) is 13.9. The van der Waals surface area contributed by atoms with Gasteiger partial charge in [-0.15, -0.1) is 0 Å². The van der Waals surface area contributed by atoms with Crippen molar-refractivity contribution in [3.63, 3.8) is 0 Å². The third-order valence-corrected chi connectivity index (χ3v) is 8.17. The molecule has 0 saturated carbocycles. The number of hydrogen-bond donors (Lipinski definition) is 4. The molecule has 0 heterocycles. The molecule has 3 atom stereocenters. The van der Waals surface area contributed by atoms with Gasteiger partial charge in [-0.1, -0.05) is 168 Å². The summed E-state index contributed by atoms with van der Waals surface area (Å²) >= 11 is 0. The van der Waals surface area contributed by atoms with Crippen molar-refractivity contribution in [2.45, 2.75) is 205 Å². The molecule has 0 aromatic rings. The number of hydrogen-bond acceptors (Lipinski definition) is 4. The molecular formula is C34H69NO4. The van der Waals surface area contributed by atoms with Crippen LogP contribution in [0.2, 0.25) is 0 Å². The van der Waals surface area contributed by atoms with Crippen molar-refractivity contribution in [3.8, 4) is 0 Å². The smallest absolute Gasteiger partial charge is 0.222 e. The topological polar surface area (TPSA) is 89.8 Å². The Morgan fingerprint density at radius 3 is 1.23 bits per heavy atom. The van der Waals surface area contributed by atoms with Gasteiger partial charge in [-0.05, 0) is 12.8 Å². The summed E-state index contributed by atoms with van der Waals surface area (Å²) in [7, 11) is 0. The van der Waals surface area contributed by atoms with Crippen molar-refractivity contribution in [2.75, 3.05) is 6.61 Å². The Balaban J connectivity index is 3.66. The molecule has 0 aliphatic heterocycles. The van der Waals surface area contributed by atoms with E-state index in [2.05, 4.69) is 19.2 Å². The van der Waals surface area contributed by atoms with E-state index in [1.54, 1.807) is 0 Å². The molecule has 0 spiro atoms. The molecule has 0 aromatic heterocycles. The molecule has 0 rings (SSSR count). The standard InChI is InChI=1S/C34H69NO4/c1-3-5-7-9-11-13-15-16-17-18-19-21-23-25-27-31(37)29-34(39)35-32(30-36)33(38)28-26-24-22-20-14-12-10-8-6-4-2/h31-33,36-38H,3-30H2,1-2H3,(H,35,39). The molecule has 5 nitrogen and oxygen atoms in total. The second-order valence-electron chi connectivity index (χ2n) is 12.1. The highest BCUT2D eigenvalue weighted by Gasteiger charge is 2.21. The lowest BCUT2D eigenvalue weighted by atomic mass is 10.0. The summed E-state index contributed by atoms with van der Waals surface area (Å²) in [5.74, 6) is -0.283. The van der Waals surface area contributed by atoms with Gasteiger partial charge < -0.3 is 20.6 Å². The molecule has 234 valence electrons. The summed E-state index contributed by atoms with van der Waals surface area (Å²) in [4.78, 5) is 12.3. The van der Waals surface area contributed by atoms with Gasteiger partial charge >= 0.3 is 0 Å². The van der Waals surface area contributed by atoms with Gasteiger partial charge in [0.2, 0.25) is 5.91 Å². The van der Waals surface area contributed by atoms with Crippen LogP contribution in [-0.4, -0.2) is 46.1 Å². The van der Waals surface area contributed by atoms with Gasteiger partial charge in [0.25, 0.3) is 0 Å². The van der Waals surface area contributed by atoms with Crippen LogP contribution in [0.25, 0.3) is 0 Å². The number of unbranched alkanes of at least 4 members (excludes halogenated alkanes) is 22. The van der Waals surface area contributed by atoms with Crippen LogP contribution in [0.1, 0.15) is 187 Å². The predicted molar refractivity (Wildman–Crippen MR) is 167 cm³/mol. The van der Waals surface area contributed by atoms with Gasteiger partial charge in [-0.25, -0.2) is 0 Å². The van der Waals surface area contributed by atoms with Crippen LogP contribution in [0.3, 0.4) is 0 Å². The van der Waals surface area contributed by atoms with Crippen molar-refractivity contribution in [3.05, 3.63) is 0 Å². The minimum Gasteiger partial charge on any atom is -0.394 e. The van der Waals surface area contributed by atoms with Crippen molar-refractivity contribution in [1.29, 1.82) is 0 Å². The van der Waals surface area contributed by atoms with Gasteiger partial charge in [0.15, 0.2) is 0 Å². The second kappa shape index (κ2) is 30.3. The number of nitrogens with one attached hydrogen (secondary N) is 1. The van der Waals surface area contributed by atoms with Gasteiger partial charge in [0.1, 0.15) is 0 Å². The van der Waals surface area contributed by atoms with E-state index in [1.165, 1.54) is 128 Å². The quantitative estimate of drug-likeness (QED) is 0.0644.